The second kappa shape index (κ2) is 9.84. The number of aryl methyl sites for hydroxylation is 1. The van der Waals surface area contributed by atoms with E-state index in [2.05, 4.69) is 25.2 Å². The van der Waals surface area contributed by atoms with Crippen LogP contribution in [0.2, 0.25) is 0 Å². The minimum absolute atomic E-state index is 0.0383. The monoisotopic (exact) mass is 497 g/mol. The maximum atomic E-state index is 13.8. The third-order valence-electron chi connectivity index (χ3n) is 6.10. The molecule has 3 aromatic rings. The maximum Gasteiger partial charge on any atom is 0.388 e. The first-order valence-corrected chi connectivity index (χ1v) is 11.3. The Morgan fingerprint density at radius 3 is 2.42 bits per heavy atom. The summed E-state index contributed by atoms with van der Waals surface area (Å²) in [4.78, 5) is 30.7. The second-order valence-corrected chi connectivity index (χ2v) is 8.90. The Morgan fingerprint density at radius 1 is 1.08 bits per heavy atom. The van der Waals surface area contributed by atoms with Crippen molar-refractivity contribution in [3.63, 3.8) is 0 Å². The van der Waals surface area contributed by atoms with E-state index in [4.69, 9.17) is 5.11 Å². The average Bonchev–Trinajstić information content (AvgIpc) is 2.80. The van der Waals surface area contributed by atoms with Crippen LogP contribution in [0.1, 0.15) is 47.1 Å². The number of halogens is 2. The number of pyridine rings is 1. The Morgan fingerprint density at radius 2 is 1.81 bits per heavy atom. The lowest BCUT2D eigenvalue weighted by atomic mass is 9.69. The zero-order chi connectivity index (χ0) is 26.0. The summed E-state index contributed by atoms with van der Waals surface area (Å²) in [5.41, 5.74) is 1.05. The van der Waals surface area contributed by atoms with Crippen molar-refractivity contribution in [2.24, 2.45) is 0 Å². The summed E-state index contributed by atoms with van der Waals surface area (Å²) >= 11 is 0. The third-order valence-corrected chi connectivity index (χ3v) is 6.10. The molecule has 2 N–H and O–H groups in total. The lowest BCUT2D eigenvalue weighted by Gasteiger charge is -2.50. The molecule has 188 valence electrons. The summed E-state index contributed by atoms with van der Waals surface area (Å²) in [5, 5.41) is 19.5. The summed E-state index contributed by atoms with van der Waals surface area (Å²) in [6.07, 6.45) is 0. The van der Waals surface area contributed by atoms with E-state index in [0.29, 0.717) is 11.5 Å². The predicted molar refractivity (Wildman–Crippen MR) is 128 cm³/mol. The van der Waals surface area contributed by atoms with Gasteiger partial charge in [0.25, 0.3) is 0 Å². The molecule has 0 atom stereocenters. The molecule has 2 aromatic heterocycles. The fourth-order valence-electron chi connectivity index (χ4n) is 4.29. The second-order valence-electron chi connectivity index (χ2n) is 8.90. The van der Waals surface area contributed by atoms with Crippen molar-refractivity contribution in [1.29, 1.82) is 0 Å². The van der Waals surface area contributed by atoms with Crippen molar-refractivity contribution in [1.82, 2.24) is 15.2 Å². The molecule has 0 spiro atoms. The first-order valence-electron chi connectivity index (χ1n) is 11.3. The topological polar surface area (TPSA) is 118 Å². The molecule has 1 saturated heterocycles. The van der Waals surface area contributed by atoms with Crippen LogP contribution >= 0.6 is 0 Å². The first kappa shape index (κ1) is 25.0. The van der Waals surface area contributed by atoms with Gasteiger partial charge in [-0.05, 0) is 48.2 Å². The van der Waals surface area contributed by atoms with Crippen LogP contribution in [-0.4, -0.2) is 51.9 Å². The number of alkyl halides is 2. The van der Waals surface area contributed by atoms with Crippen LogP contribution in [-0.2, 0) is 10.2 Å². The van der Waals surface area contributed by atoms with Gasteiger partial charge in [-0.15, -0.1) is 10.2 Å². The number of hydrogen-bond acceptors (Lipinski definition) is 7. The number of benzene rings is 1. The Bertz CT molecular complexity index is 1280. The first-order chi connectivity index (χ1) is 17.1. The van der Waals surface area contributed by atoms with Crippen LogP contribution in [0.15, 0.2) is 48.5 Å². The Kier molecular flexibility index (Phi) is 6.82. The number of nitrogens with zero attached hydrogens (tertiary/aromatic N) is 4. The molecule has 0 aliphatic carbocycles. The summed E-state index contributed by atoms with van der Waals surface area (Å²) in [6.45, 7) is 3.01. The Labute approximate surface area is 206 Å². The van der Waals surface area contributed by atoms with Crippen LogP contribution < -0.4 is 15.0 Å². The maximum absolute atomic E-state index is 13.8. The SMILES string of the molecule is Cc1ccc(NC(=O)C2(c3ccccc3C(C)C)CN(c3ccc(C(=O)O)nn3)C2)c(OC(F)F)n1. The molecule has 0 bridgehead atoms. The molecule has 1 amide bonds. The van der Waals surface area contributed by atoms with Crippen LogP contribution in [0.25, 0.3) is 0 Å². The largest absolute Gasteiger partial charge is 0.476 e. The van der Waals surface area contributed by atoms with Crippen molar-refractivity contribution in [2.45, 2.75) is 38.7 Å². The lowest BCUT2D eigenvalue weighted by molar-refractivity contribution is -0.122. The highest BCUT2D eigenvalue weighted by molar-refractivity contribution is 6.02. The van der Waals surface area contributed by atoms with Gasteiger partial charge in [-0.25, -0.2) is 9.78 Å². The minimum atomic E-state index is -3.10. The normalized spacial score (nSPS) is 14.5. The fraction of sp³-hybridized carbons (Fsp3) is 0.320. The van der Waals surface area contributed by atoms with Gasteiger partial charge in [0.2, 0.25) is 11.8 Å². The number of ether oxygens (including phenoxy) is 1. The Balaban J connectivity index is 1.69. The number of nitrogens with one attached hydrogen (secondary N) is 1. The van der Waals surface area contributed by atoms with Gasteiger partial charge < -0.3 is 20.1 Å². The average molecular weight is 498 g/mol. The van der Waals surface area contributed by atoms with Gasteiger partial charge in [0.05, 0.1) is 0 Å². The summed E-state index contributed by atoms with van der Waals surface area (Å²) in [7, 11) is 0. The zero-order valence-electron chi connectivity index (χ0n) is 19.9. The van der Waals surface area contributed by atoms with E-state index in [0.717, 1.165) is 11.1 Å². The zero-order valence-corrected chi connectivity index (χ0v) is 19.9. The molecule has 1 fully saturated rings. The van der Waals surface area contributed by atoms with E-state index >= 15 is 0 Å². The standard InChI is InChI=1S/C25H25F2N5O4/c1-14(2)16-6-4-5-7-17(16)25(12-32(13-25)20-11-10-19(22(33)34)30-31-20)23(35)29-18-9-8-15(3)28-21(18)36-24(26)27/h4-11,14,24H,12-13H2,1-3H3,(H,29,35)(H,33,34). The number of carboxylic acid groups (broad SMARTS) is 1. The van der Waals surface area contributed by atoms with Gasteiger partial charge in [-0.2, -0.15) is 8.78 Å². The highest BCUT2D eigenvalue weighted by atomic mass is 19.3. The van der Waals surface area contributed by atoms with E-state index in [1.54, 1.807) is 17.9 Å². The van der Waals surface area contributed by atoms with E-state index in [1.165, 1.54) is 18.2 Å². The predicted octanol–water partition coefficient (Wildman–Crippen LogP) is 4.00. The summed E-state index contributed by atoms with van der Waals surface area (Å²) < 4.78 is 30.5. The van der Waals surface area contributed by atoms with Gasteiger partial charge in [0, 0.05) is 18.8 Å². The molecule has 0 radical (unpaired) electrons. The van der Waals surface area contributed by atoms with E-state index in [1.807, 2.05) is 38.1 Å². The number of hydrogen-bond donors (Lipinski definition) is 2. The van der Waals surface area contributed by atoms with Gasteiger partial charge >= 0.3 is 12.6 Å². The molecule has 3 heterocycles. The van der Waals surface area contributed by atoms with Crippen molar-refractivity contribution in [3.05, 3.63) is 71.0 Å². The van der Waals surface area contributed by atoms with E-state index in [-0.39, 0.29) is 36.3 Å². The number of amides is 1. The number of aromatic nitrogens is 3. The molecule has 11 heteroatoms. The number of aromatic carboxylic acids is 1. The molecule has 0 unspecified atom stereocenters. The van der Waals surface area contributed by atoms with Gasteiger partial charge in [-0.1, -0.05) is 38.1 Å². The molecular formula is C25H25F2N5O4. The Hall–Kier alpha value is -4.15. The van der Waals surface area contributed by atoms with Crippen molar-refractivity contribution in [3.8, 4) is 5.88 Å². The molecule has 1 aromatic carbocycles. The summed E-state index contributed by atoms with van der Waals surface area (Å²) in [6, 6.07) is 13.5. The molecule has 1 aliphatic heterocycles. The van der Waals surface area contributed by atoms with Crippen molar-refractivity contribution in [2.75, 3.05) is 23.3 Å². The van der Waals surface area contributed by atoms with Crippen LogP contribution in [0, 0.1) is 6.92 Å². The van der Waals surface area contributed by atoms with E-state index in [9.17, 15) is 18.4 Å². The number of carbonyl (C=O) groups is 2. The van der Waals surface area contributed by atoms with Crippen LogP contribution in [0.5, 0.6) is 5.88 Å². The highest BCUT2D eigenvalue weighted by Crippen LogP contribution is 2.42. The molecule has 4 rings (SSSR count). The van der Waals surface area contributed by atoms with Crippen molar-refractivity contribution >= 4 is 23.4 Å². The number of carbonyl (C=O) groups excluding carboxylic acids is 1. The van der Waals surface area contributed by atoms with Gasteiger partial charge in [0.1, 0.15) is 11.1 Å². The highest BCUT2D eigenvalue weighted by Gasteiger charge is 2.52. The van der Waals surface area contributed by atoms with Crippen LogP contribution in [0.3, 0.4) is 0 Å². The fourth-order valence-corrected chi connectivity index (χ4v) is 4.29. The third kappa shape index (κ3) is 4.81. The van der Waals surface area contributed by atoms with Gasteiger partial charge in [0.15, 0.2) is 11.5 Å². The summed E-state index contributed by atoms with van der Waals surface area (Å²) in [5.74, 6) is -1.42. The molecule has 0 saturated carbocycles. The number of carboxylic acids is 1. The van der Waals surface area contributed by atoms with Crippen molar-refractivity contribution < 1.29 is 28.2 Å². The lowest BCUT2D eigenvalue weighted by Crippen LogP contribution is -2.65. The van der Waals surface area contributed by atoms with Gasteiger partial charge in [-0.3, -0.25) is 4.79 Å². The minimum Gasteiger partial charge on any atom is -0.476 e. The van der Waals surface area contributed by atoms with Crippen LogP contribution in [0.4, 0.5) is 20.3 Å². The van der Waals surface area contributed by atoms with E-state index < -0.39 is 23.9 Å². The quantitative estimate of drug-likeness (QED) is 0.480. The molecule has 36 heavy (non-hydrogen) atoms. The molecular weight excluding hydrogens is 472 g/mol. The smallest absolute Gasteiger partial charge is 0.388 e. The number of anilines is 2. The molecule has 1 aliphatic rings. The molecule has 9 nitrogen and oxygen atoms in total. The number of rotatable bonds is 8.